The Balaban J connectivity index is 1.12. The van der Waals surface area contributed by atoms with Crippen LogP contribution in [0.1, 0.15) is 5.56 Å². The fourth-order valence-corrected chi connectivity index (χ4v) is 8.41. The molecule has 238 valence electrons. The van der Waals surface area contributed by atoms with Crippen molar-refractivity contribution in [2.45, 2.75) is 6.92 Å². The normalized spacial score (nSPS) is 11.6. The molecule has 10 aromatic carbocycles. The smallest absolute Gasteiger partial charge is 0.00264 e. The summed E-state index contributed by atoms with van der Waals surface area (Å²) < 4.78 is 0. The minimum Gasteiger partial charge on any atom is -0.0616 e. The van der Waals surface area contributed by atoms with Crippen LogP contribution in [0.15, 0.2) is 188 Å². The van der Waals surface area contributed by atoms with Crippen molar-refractivity contribution in [2.24, 2.45) is 0 Å². The molecule has 0 aliphatic carbocycles. The highest BCUT2D eigenvalue weighted by molar-refractivity contribution is 6.22. The second-order valence-electron chi connectivity index (χ2n) is 13.6. The summed E-state index contributed by atoms with van der Waals surface area (Å²) in [6.07, 6.45) is 0. The molecule has 0 heterocycles. The zero-order valence-electron chi connectivity index (χ0n) is 28.4. The van der Waals surface area contributed by atoms with Gasteiger partial charge in [-0.05, 0) is 117 Å². The van der Waals surface area contributed by atoms with Gasteiger partial charge in [-0.1, -0.05) is 182 Å². The summed E-state index contributed by atoms with van der Waals surface area (Å²) in [5, 5.41) is 12.8. The third kappa shape index (κ3) is 4.76. The van der Waals surface area contributed by atoms with Crippen molar-refractivity contribution in [3.63, 3.8) is 0 Å². The van der Waals surface area contributed by atoms with Gasteiger partial charge >= 0.3 is 0 Å². The van der Waals surface area contributed by atoms with Gasteiger partial charge < -0.3 is 0 Å². The van der Waals surface area contributed by atoms with Gasteiger partial charge in [-0.25, -0.2) is 0 Å². The quantitative estimate of drug-likeness (QED) is 0.167. The van der Waals surface area contributed by atoms with Crippen molar-refractivity contribution in [3.8, 4) is 44.5 Å². The first-order valence-corrected chi connectivity index (χ1v) is 17.8. The van der Waals surface area contributed by atoms with Crippen molar-refractivity contribution >= 4 is 53.9 Å². The molecule has 0 fully saturated rings. The molecule has 0 bridgehead atoms. The summed E-state index contributed by atoms with van der Waals surface area (Å²) in [5.41, 5.74) is 11.4. The van der Waals surface area contributed by atoms with Gasteiger partial charge in [0.25, 0.3) is 0 Å². The Morgan fingerprint density at radius 3 is 0.941 bits per heavy atom. The van der Waals surface area contributed by atoms with Crippen LogP contribution in [0.25, 0.3) is 98.4 Å². The molecule has 0 saturated carbocycles. The Morgan fingerprint density at radius 2 is 0.529 bits per heavy atom. The van der Waals surface area contributed by atoms with E-state index < -0.39 is 0 Å². The summed E-state index contributed by atoms with van der Waals surface area (Å²) in [5.74, 6) is 0. The number of benzene rings is 10. The molecule has 0 heteroatoms. The van der Waals surface area contributed by atoms with Crippen molar-refractivity contribution in [2.75, 3.05) is 0 Å². The van der Waals surface area contributed by atoms with E-state index in [1.54, 1.807) is 0 Å². The SMILES string of the molecule is Cc1c2ccccc2c(-c2ccc(-c3c4ccccc4c(-c4ccc(-c5ccc6ccccc6c5)cc4)c4ccccc34)cc2)c2ccccc12. The van der Waals surface area contributed by atoms with Crippen LogP contribution in [0.4, 0.5) is 0 Å². The molecule has 0 unspecified atom stereocenters. The van der Waals surface area contributed by atoms with Crippen molar-refractivity contribution in [1.29, 1.82) is 0 Å². The molecule has 0 radical (unpaired) electrons. The minimum absolute atomic E-state index is 1.23. The number of hydrogen-bond acceptors (Lipinski definition) is 0. The van der Waals surface area contributed by atoms with Gasteiger partial charge in [-0.3, -0.25) is 0 Å². The fraction of sp³-hybridized carbons (Fsp3) is 0.0196. The standard InChI is InChI=1S/C51H34/c1-33-41-14-4-6-16-43(41)49(44-17-7-5-15-42(33)44)37-27-29-38(30-28-37)51-47-20-10-8-18-45(47)50(46-19-9-11-21-48(46)51)36-25-22-35(23-26-36)40-31-24-34-12-2-3-13-39(34)32-40/h2-32H,1H3. The summed E-state index contributed by atoms with van der Waals surface area (Å²) in [4.78, 5) is 0. The van der Waals surface area contributed by atoms with E-state index in [1.807, 2.05) is 0 Å². The van der Waals surface area contributed by atoms with Crippen LogP contribution >= 0.6 is 0 Å². The van der Waals surface area contributed by atoms with Gasteiger partial charge in [-0.15, -0.1) is 0 Å². The first-order chi connectivity index (χ1) is 25.2. The molecule has 51 heavy (non-hydrogen) atoms. The molecular weight excluding hydrogens is 613 g/mol. The lowest BCUT2D eigenvalue weighted by Crippen LogP contribution is -1.92. The van der Waals surface area contributed by atoms with E-state index in [1.165, 1.54) is 104 Å². The van der Waals surface area contributed by atoms with E-state index in [-0.39, 0.29) is 0 Å². The van der Waals surface area contributed by atoms with Gasteiger partial charge in [0.05, 0.1) is 0 Å². The van der Waals surface area contributed by atoms with E-state index in [9.17, 15) is 0 Å². The fourth-order valence-electron chi connectivity index (χ4n) is 8.41. The molecule has 0 aliphatic heterocycles. The molecule has 10 rings (SSSR count). The van der Waals surface area contributed by atoms with Gasteiger partial charge in [0.1, 0.15) is 0 Å². The van der Waals surface area contributed by atoms with Crippen molar-refractivity contribution in [1.82, 2.24) is 0 Å². The van der Waals surface area contributed by atoms with Gasteiger partial charge in [0, 0.05) is 0 Å². The number of fused-ring (bicyclic) bond motifs is 5. The predicted molar refractivity (Wildman–Crippen MR) is 220 cm³/mol. The Bertz CT molecular complexity index is 2830. The van der Waals surface area contributed by atoms with E-state index in [4.69, 9.17) is 0 Å². The lowest BCUT2D eigenvalue weighted by Gasteiger charge is -2.19. The number of aryl methyl sites for hydroxylation is 1. The van der Waals surface area contributed by atoms with E-state index in [2.05, 4.69) is 195 Å². The second-order valence-corrected chi connectivity index (χ2v) is 13.6. The largest absolute Gasteiger partial charge is 0.0616 e. The Hall–Kier alpha value is -6.50. The van der Waals surface area contributed by atoms with Crippen LogP contribution in [0.2, 0.25) is 0 Å². The number of hydrogen-bond donors (Lipinski definition) is 0. The summed E-state index contributed by atoms with van der Waals surface area (Å²) in [7, 11) is 0. The lowest BCUT2D eigenvalue weighted by molar-refractivity contribution is 1.57. The second kappa shape index (κ2) is 11.8. The topological polar surface area (TPSA) is 0 Å². The highest BCUT2D eigenvalue weighted by Crippen LogP contribution is 2.45. The summed E-state index contributed by atoms with van der Waals surface area (Å²) >= 11 is 0. The van der Waals surface area contributed by atoms with Crippen molar-refractivity contribution < 1.29 is 0 Å². The molecule has 0 nitrogen and oxygen atoms in total. The van der Waals surface area contributed by atoms with Gasteiger partial charge in [-0.2, -0.15) is 0 Å². The van der Waals surface area contributed by atoms with Crippen LogP contribution in [0, 0.1) is 6.92 Å². The first-order valence-electron chi connectivity index (χ1n) is 17.8. The number of rotatable bonds is 4. The monoisotopic (exact) mass is 646 g/mol. The average Bonchev–Trinajstić information content (AvgIpc) is 3.20. The first kappa shape index (κ1) is 29.4. The molecule has 0 atom stereocenters. The highest BCUT2D eigenvalue weighted by Gasteiger charge is 2.18. The molecule has 10 aromatic rings. The molecule has 0 aromatic heterocycles. The molecule has 0 spiro atoms. The average molecular weight is 647 g/mol. The van der Waals surface area contributed by atoms with E-state index >= 15 is 0 Å². The third-order valence-electron chi connectivity index (χ3n) is 10.9. The van der Waals surface area contributed by atoms with E-state index in [0.29, 0.717) is 0 Å². The van der Waals surface area contributed by atoms with Crippen molar-refractivity contribution in [3.05, 3.63) is 194 Å². The maximum absolute atomic E-state index is 2.32. The van der Waals surface area contributed by atoms with Crippen LogP contribution < -0.4 is 0 Å². The highest BCUT2D eigenvalue weighted by atomic mass is 14.2. The minimum atomic E-state index is 1.23. The van der Waals surface area contributed by atoms with Gasteiger partial charge in [0.15, 0.2) is 0 Å². The zero-order chi connectivity index (χ0) is 33.9. The maximum atomic E-state index is 2.32. The third-order valence-corrected chi connectivity index (χ3v) is 10.9. The molecule has 0 aliphatic rings. The van der Waals surface area contributed by atoms with Gasteiger partial charge in [0.2, 0.25) is 0 Å². The molecule has 0 amide bonds. The molecule has 0 N–H and O–H groups in total. The molecule has 0 saturated heterocycles. The molecular formula is C51H34. The van der Waals surface area contributed by atoms with Crippen LogP contribution in [0.5, 0.6) is 0 Å². The summed E-state index contributed by atoms with van der Waals surface area (Å²) in [6, 6.07) is 69.2. The Morgan fingerprint density at radius 1 is 0.235 bits per heavy atom. The zero-order valence-corrected chi connectivity index (χ0v) is 28.4. The summed E-state index contributed by atoms with van der Waals surface area (Å²) in [6.45, 7) is 2.25. The predicted octanol–water partition coefficient (Wildman–Crippen LogP) is 14.4. The van der Waals surface area contributed by atoms with Crippen LogP contribution in [-0.2, 0) is 0 Å². The van der Waals surface area contributed by atoms with E-state index in [0.717, 1.165) is 0 Å². The Labute approximate surface area is 297 Å². The van der Waals surface area contributed by atoms with Crippen LogP contribution in [-0.4, -0.2) is 0 Å². The Kier molecular flexibility index (Phi) is 6.82. The van der Waals surface area contributed by atoms with Crippen LogP contribution in [0.3, 0.4) is 0 Å². The maximum Gasteiger partial charge on any atom is -0.00264 e. The lowest BCUT2D eigenvalue weighted by atomic mass is 9.85.